The fourth-order valence-electron chi connectivity index (χ4n) is 5.56. The molecule has 0 spiro atoms. The van der Waals surface area contributed by atoms with Crippen LogP contribution in [0.25, 0.3) is 22.3 Å². The quantitative estimate of drug-likeness (QED) is 0.132. The van der Waals surface area contributed by atoms with Gasteiger partial charge in [-0.1, -0.05) is 119 Å². The third-order valence-electron chi connectivity index (χ3n) is 8.10. The number of hydrogen-bond donors (Lipinski definition) is 0. The summed E-state index contributed by atoms with van der Waals surface area (Å²) in [6.07, 6.45) is 15.6. The SMILES string of the molecule is CCC=CCCc1ccc(-c2ccc(-c3ccc(C4OCC(CCCCCCCCC)CO4)cc3F)cc2)c(F)c1F. The molecule has 1 saturated heterocycles. The standard InChI is InChI=1S/C37H45F3O2/c1-3-5-7-9-10-11-12-14-27-25-41-37(42-26-27)31-21-22-32(34(38)24-31)28-16-18-29(19-17-28)33-23-20-30(35(39)36(33)40)15-13-8-6-4-2/h6,8,16-24,27,37H,3-5,7,9-15,25-26H2,1-2H3. The maximum atomic E-state index is 15.2. The van der Waals surface area contributed by atoms with Crippen molar-refractivity contribution in [1.82, 2.24) is 0 Å². The van der Waals surface area contributed by atoms with Crippen molar-refractivity contribution >= 4 is 0 Å². The van der Waals surface area contributed by atoms with Crippen LogP contribution in [0, 0.1) is 23.4 Å². The van der Waals surface area contributed by atoms with E-state index in [4.69, 9.17) is 9.47 Å². The second kappa shape index (κ2) is 16.7. The number of ether oxygens (including phenoxy) is 2. The zero-order valence-electron chi connectivity index (χ0n) is 25.1. The van der Waals surface area contributed by atoms with Gasteiger partial charge in [0, 0.05) is 22.6 Å². The van der Waals surface area contributed by atoms with E-state index in [1.165, 1.54) is 51.0 Å². The van der Waals surface area contributed by atoms with E-state index in [0.29, 0.717) is 59.8 Å². The average Bonchev–Trinajstić information content (AvgIpc) is 3.01. The van der Waals surface area contributed by atoms with Crippen LogP contribution in [-0.2, 0) is 15.9 Å². The predicted molar refractivity (Wildman–Crippen MR) is 166 cm³/mol. The Bertz CT molecular complexity index is 1280. The number of aryl methyl sites for hydroxylation is 1. The van der Waals surface area contributed by atoms with Gasteiger partial charge in [0.2, 0.25) is 0 Å². The van der Waals surface area contributed by atoms with Crippen LogP contribution >= 0.6 is 0 Å². The Morgan fingerprint density at radius 1 is 0.714 bits per heavy atom. The number of unbranched alkanes of at least 4 members (excludes halogenated alkanes) is 6. The molecule has 42 heavy (non-hydrogen) atoms. The first-order chi connectivity index (χ1) is 20.5. The largest absolute Gasteiger partial charge is 0.348 e. The number of allylic oxidation sites excluding steroid dienone is 2. The van der Waals surface area contributed by atoms with E-state index < -0.39 is 17.9 Å². The minimum absolute atomic E-state index is 0.194. The Hall–Kier alpha value is -2.89. The summed E-state index contributed by atoms with van der Waals surface area (Å²) in [4.78, 5) is 0. The van der Waals surface area contributed by atoms with Crippen molar-refractivity contribution in [3.63, 3.8) is 0 Å². The highest BCUT2D eigenvalue weighted by atomic mass is 19.2. The zero-order chi connectivity index (χ0) is 29.7. The fraction of sp³-hybridized carbons (Fsp3) is 0.459. The van der Waals surface area contributed by atoms with Gasteiger partial charge in [-0.05, 0) is 48.4 Å². The van der Waals surface area contributed by atoms with Crippen molar-refractivity contribution in [1.29, 1.82) is 0 Å². The lowest BCUT2D eigenvalue weighted by Gasteiger charge is -2.29. The summed E-state index contributed by atoms with van der Waals surface area (Å²) < 4.78 is 56.7. The molecule has 4 rings (SSSR count). The lowest BCUT2D eigenvalue weighted by molar-refractivity contribution is -0.206. The van der Waals surface area contributed by atoms with Gasteiger partial charge in [-0.3, -0.25) is 0 Å². The Balaban J connectivity index is 1.31. The number of benzene rings is 3. The average molecular weight is 579 g/mol. The molecule has 0 unspecified atom stereocenters. The smallest absolute Gasteiger partial charge is 0.183 e. The second-order valence-corrected chi connectivity index (χ2v) is 11.4. The van der Waals surface area contributed by atoms with Gasteiger partial charge in [-0.2, -0.15) is 0 Å². The molecule has 3 aromatic rings. The molecule has 1 aliphatic heterocycles. The first kappa shape index (κ1) is 32.0. The summed E-state index contributed by atoms with van der Waals surface area (Å²) in [5.74, 6) is -1.65. The molecular weight excluding hydrogens is 533 g/mol. The van der Waals surface area contributed by atoms with Crippen molar-refractivity contribution < 1.29 is 22.6 Å². The lowest BCUT2D eigenvalue weighted by Crippen LogP contribution is -2.27. The molecule has 0 atom stereocenters. The van der Waals surface area contributed by atoms with Gasteiger partial charge in [0.15, 0.2) is 17.9 Å². The molecule has 0 N–H and O–H groups in total. The summed E-state index contributed by atoms with van der Waals surface area (Å²) in [6.45, 7) is 5.52. The maximum Gasteiger partial charge on any atom is 0.183 e. The maximum absolute atomic E-state index is 15.2. The third kappa shape index (κ3) is 8.81. The minimum Gasteiger partial charge on any atom is -0.348 e. The second-order valence-electron chi connectivity index (χ2n) is 11.4. The number of halogens is 3. The van der Waals surface area contributed by atoms with Crippen LogP contribution in [0.4, 0.5) is 13.2 Å². The van der Waals surface area contributed by atoms with Gasteiger partial charge in [0.05, 0.1) is 13.2 Å². The van der Waals surface area contributed by atoms with Crippen molar-refractivity contribution in [2.24, 2.45) is 5.92 Å². The van der Waals surface area contributed by atoms with E-state index in [9.17, 15) is 8.78 Å². The molecule has 0 aliphatic carbocycles. The van der Waals surface area contributed by atoms with Gasteiger partial charge in [0.25, 0.3) is 0 Å². The molecule has 2 nitrogen and oxygen atoms in total. The Kier molecular flexibility index (Phi) is 12.7. The van der Waals surface area contributed by atoms with Gasteiger partial charge >= 0.3 is 0 Å². The highest BCUT2D eigenvalue weighted by molar-refractivity contribution is 5.71. The number of rotatable bonds is 15. The van der Waals surface area contributed by atoms with Crippen LogP contribution in [0.15, 0.2) is 66.7 Å². The first-order valence-corrected chi connectivity index (χ1v) is 15.8. The molecule has 0 radical (unpaired) electrons. The van der Waals surface area contributed by atoms with Crippen molar-refractivity contribution in [2.75, 3.05) is 13.2 Å². The van der Waals surface area contributed by atoms with E-state index in [1.807, 2.05) is 25.1 Å². The Labute approximate surface area is 250 Å². The van der Waals surface area contributed by atoms with E-state index in [-0.39, 0.29) is 11.4 Å². The number of hydrogen-bond acceptors (Lipinski definition) is 2. The van der Waals surface area contributed by atoms with Gasteiger partial charge in [0.1, 0.15) is 5.82 Å². The normalized spacial score (nSPS) is 17.3. The molecule has 0 amide bonds. The summed E-state index contributed by atoms with van der Waals surface area (Å²) in [6, 6.07) is 15.1. The van der Waals surface area contributed by atoms with Crippen LogP contribution in [0.2, 0.25) is 0 Å². The minimum atomic E-state index is -0.854. The van der Waals surface area contributed by atoms with Crippen molar-refractivity contribution in [3.05, 3.63) is 95.3 Å². The van der Waals surface area contributed by atoms with Crippen LogP contribution < -0.4 is 0 Å². The monoisotopic (exact) mass is 578 g/mol. The van der Waals surface area contributed by atoms with Crippen LogP contribution in [-0.4, -0.2) is 13.2 Å². The van der Waals surface area contributed by atoms with Crippen LogP contribution in [0.3, 0.4) is 0 Å². The topological polar surface area (TPSA) is 18.5 Å². The summed E-state index contributed by atoms with van der Waals surface area (Å²) in [5.41, 5.74) is 2.85. The molecule has 0 saturated carbocycles. The van der Waals surface area contributed by atoms with Crippen molar-refractivity contribution in [2.45, 2.75) is 90.8 Å². The first-order valence-electron chi connectivity index (χ1n) is 15.8. The van der Waals surface area contributed by atoms with E-state index in [1.54, 1.807) is 42.5 Å². The third-order valence-corrected chi connectivity index (χ3v) is 8.10. The predicted octanol–water partition coefficient (Wildman–Crippen LogP) is 11.1. The van der Waals surface area contributed by atoms with Crippen molar-refractivity contribution in [3.8, 4) is 22.3 Å². The molecule has 5 heteroatoms. The molecule has 1 fully saturated rings. The lowest BCUT2D eigenvalue weighted by atomic mass is 9.97. The molecule has 0 aromatic heterocycles. The fourth-order valence-corrected chi connectivity index (χ4v) is 5.56. The van der Waals surface area contributed by atoms with Gasteiger partial charge in [-0.25, -0.2) is 13.2 Å². The summed E-state index contributed by atoms with van der Waals surface area (Å²) in [7, 11) is 0. The van der Waals surface area contributed by atoms with Crippen LogP contribution in [0.5, 0.6) is 0 Å². The molecule has 226 valence electrons. The van der Waals surface area contributed by atoms with E-state index >= 15 is 4.39 Å². The molecule has 1 aliphatic rings. The zero-order valence-corrected chi connectivity index (χ0v) is 25.1. The highest BCUT2D eigenvalue weighted by Gasteiger charge is 2.24. The molecular formula is C37H45F3O2. The summed E-state index contributed by atoms with van der Waals surface area (Å²) in [5, 5.41) is 0. The van der Waals surface area contributed by atoms with E-state index in [2.05, 4.69) is 6.92 Å². The van der Waals surface area contributed by atoms with Gasteiger partial charge < -0.3 is 9.47 Å². The molecule has 1 heterocycles. The Morgan fingerprint density at radius 2 is 1.36 bits per heavy atom. The van der Waals surface area contributed by atoms with Crippen LogP contribution in [0.1, 0.15) is 95.5 Å². The van der Waals surface area contributed by atoms with E-state index in [0.717, 1.165) is 12.8 Å². The molecule has 3 aromatic carbocycles. The summed E-state index contributed by atoms with van der Waals surface area (Å²) >= 11 is 0. The highest BCUT2D eigenvalue weighted by Crippen LogP contribution is 2.33. The van der Waals surface area contributed by atoms with Gasteiger partial charge in [-0.15, -0.1) is 0 Å². The molecule has 0 bridgehead atoms. The Morgan fingerprint density at radius 3 is 2.02 bits per heavy atom.